The number of carbonyl (C=O) groups is 1. The molecule has 0 aliphatic carbocycles. The van der Waals surface area contributed by atoms with Crippen LogP contribution in [0.4, 0.5) is 0 Å². The normalized spacial score (nSPS) is 10.7. The Kier molecular flexibility index (Phi) is 3.74. The van der Waals surface area contributed by atoms with E-state index >= 15 is 0 Å². The molecular formula is C13H12N2O2S. The summed E-state index contributed by atoms with van der Waals surface area (Å²) >= 11 is 1.60. The van der Waals surface area contributed by atoms with Gasteiger partial charge in [0.15, 0.2) is 0 Å². The van der Waals surface area contributed by atoms with Gasteiger partial charge in [0.05, 0.1) is 6.21 Å². The summed E-state index contributed by atoms with van der Waals surface area (Å²) in [6.07, 6.45) is 1.61. The van der Waals surface area contributed by atoms with Gasteiger partial charge >= 0.3 is 0 Å². The lowest BCUT2D eigenvalue weighted by Crippen LogP contribution is -2.17. The molecule has 0 aliphatic rings. The Balaban J connectivity index is 1.96. The van der Waals surface area contributed by atoms with E-state index < -0.39 is 0 Å². The molecule has 5 heteroatoms. The van der Waals surface area contributed by atoms with Crippen molar-refractivity contribution in [3.05, 3.63) is 51.7 Å². The van der Waals surface area contributed by atoms with E-state index in [1.54, 1.807) is 17.6 Å². The van der Waals surface area contributed by atoms with Gasteiger partial charge in [0.25, 0.3) is 5.91 Å². The number of rotatable bonds is 3. The summed E-state index contributed by atoms with van der Waals surface area (Å²) in [4.78, 5) is 13.8. The fourth-order valence-corrected chi connectivity index (χ4v) is 2.10. The van der Waals surface area contributed by atoms with Crippen LogP contribution in [-0.2, 0) is 0 Å². The second kappa shape index (κ2) is 5.46. The van der Waals surface area contributed by atoms with Crippen molar-refractivity contribution in [3.63, 3.8) is 0 Å². The van der Waals surface area contributed by atoms with Gasteiger partial charge in [0, 0.05) is 15.3 Å². The summed E-state index contributed by atoms with van der Waals surface area (Å²) in [5, 5.41) is 13.0. The third-order valence-electron chi connectivity index (χ3n) is 2.25. The Morgan fingerprint density at radius 2 is 2.00 bits per heavy atom. The number of aryl methyl sites for hydroxylation is 1. The molecule has 92 valence electrons. The van der Waals surface area contributed by atoms with Crippen molar-refractivity contribution in [2.45, 2.75) is 6.92 Å². The predicted molar refractivity (Wildman–Crippen MR) is 72.2 cm³/mol. The van der Waals surface area contributed by atoms with E-state index in [1.165, 1.54) is 29.1 Å². The number of phenols is 1. The highest BCUT2D eigenvalue weighted by molar-refractivity contribution is 7.13. The lowest BCUT2D eigenvalue weighted by atomic mass is 10.2. The van der Waals surface area contributed by atoms with E-state index in [2.05, 4.69) is 10.5 Å². The molecule has 18 heavy (non-hydrogen) atoms. The van der Waals surface area contributed by atoms with Crippen LogP contribution in [0.5, 0.6) is 5.75 Å². The van der Waals surface area contributed by atoms with Gasteiger partial charge in [-0.2, -0.15) is 5.10 Å². The number of hydrogen-bond acceptors (Lipinski definition) is 4. The topological polar surface area (TPSA) is 61.7 Å². The highest BCUT2D eigenvalue weighted by Crippen LogP contribution is 2.12. The van der Waals surface area contributed by atoms with Crippen LogP contribution < -0.4 is 5.43 Å². The number of hydrazone groups is 1. The number of benzene rings is 1. The Hall–Kier alpha value is -2.14. The molecule has 1 amide bonds. The van der Waals surface area contributed by atoms with Crippen LogP contribution in [0.1, 0.15) is 20.1 Å². The number of carbonyl (C=O) groups excluding carboxylic acids is 1. The quantitative estimate of drug-likeness (QED) is 0.658. The van der Waals surface area contributed by atoms with Gasteiger partial charge in [-0.15, -0.1) is 11.3 Å². The first-order valence-electron chi connectivity index (χ1n) is 5.34. The Morgan fingerprint density at radius 3 is 2.61 bits per heavy atom. The largest absolute Gasteiger partial charge is 0.508 e. The molecule has 0 radical (unpaired) electrons. The van der Waals surface area contributed by atoms with Gasteiger partial charge < -0.3 is 5.11 Å². The number of phenolic OH excluding ortho intramolecular Hbond substituents is 1. The third-order valence-corrected chi connectivity index (χ3v) is 3.18. The lowest BCUT2D eigenvalue weighted by Gasteiger charge is -1.99. The Labute approximate surface area is 109 Å². The van der Waals surface area contributed by atoms with Crippen molar-refractivity contribution in [2.75, 3.05) is 0 Å². The zero-order chi connectivity index (χ0) is 13.0. The van der Waals surface area contributed by atoms with Crippen molar-refractivity contribution in [1.82, 2.24) is 5.43 Å². The van der Waals surface area contributed by atoms with E-state index in [-0.39, 0.29) is 11.7 Å². The molecule has 4 nitrogen and oxygen atoms in total. The van der Waals surface area contributed by atoms with E-state index in [0.717, 1.165) is 4.88 Å². The number of aromatic hydroxyl groups is 1. The fraction of sp³-hybridized carbons (Fsp3) is 0.0769. The average Bonchev–Trinajstić information content (AvgIpc) is 2.76. The summed E-state index contributed by atoms with van der Waals surface area (Å²) in [6.45, 7) is 2.01. The molecule has 0 bridgehead atoms. The maximum atomic E-state index is 11.6. The minimum Gasteiger partial charge on any atom is -0.508 e. The van der Waals surface area contributed by atoms with Crippen LogP contribution in [-0.4, -0.2) is 17.2 Å². The van der Waals surface area contributed by atoms with Gasteiger partial charge in [-0.25, -0.2) is 5.43 Å². The maximum Gasteiger partial charge on any atom is 0.271 e. The second-order valence-electron chi connectivity index (χ2n) is 3.69. The Morgan fingerprint density at radius 1 is 1.28 bits per heavy atom. The van der Waals surface area contributed by atoms with E-state index in [4.69, 9.17) is 5.11 Å². The van der Waals surface area contributed by atoms with Gasteiger partial charge in [-0.05, 0) is 43.3 Å². The molecule has 0 spiro atoms. The van der Waals surface area contributed by atoms with Crippen molar-refractivity contribution >= 4 is 23.5 Å². The van der Waals surface area contributed by atoms with Gasteiger partial charge in [-0.3, -0.25) is 4.79 Å². The van der Waals surface area contributed by atoms with Crippen LogP contribution in [0.2, 0.25) is 0 Å². The summed E-state index contributed by atoms with van der Waals surface area (Å²) in [6, 6.07) is 9.93. The van der Waals surface area contributed by atoms with Crippen molar-refractivity contribution < 1.29 is 9.90 Å². The molecule has 0 aliphatic heterocycles. The predicted octanol–water partition coefficient (Wildman–Crippen LogP) is 2.53. The van der Waals surface area contributed by atoms with E-state index in [1.807, 2.05) is 19.1 Å². The van der Waals surface area contributed by atoms with Crippen LogP contribution in [0, 0.1) is 6.92 Å². The van der Waals surface area contributed by atoms with Crippen molar-refractivity contribution in [1.29, 1.82) is 0 Å². The average molecular weight is 260 g/mol. The number of nitrogens with zero attached hydrogens (tertiary/aromatic N) is 1. The molecular weight excluding hydrogens is 248 g/mol. The molecule has 2 aromatic rings. The van der Waals surface area contributed by atoms with Gasteiger partial charge in [-0.1, -0.05) is 0 Å². The van der Waals surface area contributed by atoms with Crippen LogP contribution >= 0.6 is 11.3 Å². The first-order chi connectivity index (χ1) is 8.65. The molecule has 1 aromatic carbocycles. The zero-order valence-corrected chi connectivity index (χ0v) is 10.6. The zero-order valence-electron chi connectivity index (χ0n) is 9.75. The molecule has 2 rings (SSSR count). The van der Waals surface area contributed by atoms with E-state index in [9.17, 15) is 4.79 Å². The summed E-state index contributed by atoms with van der Waals surface area (Å²) < 4.78 is 0. The standard InChI is InChI=1S/C13H12N2O2S/c1-9-2-7-12(18-9)8-14-15-13(17)10-3-5-11(16)6-4-10/h2-8,16H,1H3,(H,15,17)/b14-8-. The first kappa shape index (κ1) is 12.3. The smallest absolute Gasteiger partial charge is 0.271 e. The molecule has 0 saturated heterocycles. The van der Waals surface area contributed by atoms with Crippen LogP contribution in [0.25, 0.3) is 0 Å². The number of hydrogen-bond donors (Lipinski definition) is 2. The first-order valence-corrected chi connectivity index (χ1v) is 6.16. The summed E-state index contributed by atoms with van der Waals surface area (Å²) in [5.41, 5.74) is 2.88. The second-order valence-corrected chi connectivity index (χ2v) is 5.01. The molecule has 0 fully saturated rings. The number of nitrogens with one attached hydrogen (secondary N) is 1. The number of thiophene rings is 1. The van der Waals surface area contributed by atoms with Gasteiger partial charge in [0.1, 0.15) is 5.75 Å². The van der Waals surface area contributed by atoms with Crippen molar-refractivity contribution in [2.24, 2.45) is 5.10 Å². The molecule has 1 heterocycles. The minimum atomic E-state index is -0.306. The summed E-state index contributed by atoms with van der Waals surface area (Å²) in [7, 11) is 0. The maximum absolute atomic E-state index is 11.6. The van der Waals surface area contributed by atoms with Crippen LogP contribution in [0.3, 0.4) is 0 Å². The molecule has 0 unspecified atom stereocenters. The highest BCUT2D eigenvalue weighted by Gasteiger charge is 2.03. The highest BCUT2D eigenvalue weighted by atomic mass is 32.1. The lowest BCUT2D eigenvalue weighted by molar-refractivity contribution is 0.0955. The Bertz CT molecular complexity index is 573. The minimum absolute atomic E-state index is 0.129. The van der Waals surface area contributed by atoms with Crippen LogP contribution in [0.15, 0.2) is 41.5 Å². The monoisotopic (exact) mass is 260 g/mol. The molecule has 0 saturated carbocycles. The fourth-order valence-electron chi connectivity index (χ4n) is 1.35. The third kappa shape index (κ3) is 3.18. The SMILES string of the molecule is Cc1ccc(/C=N\NC(=O)c2ccc(O)cc2)s1. The summed E-state index contributed by atoms with van der Waals surface area (Å²) in [5.74, 6) is -0.177. The molecule has 0 atom stereocenters. The molecule has 2 N–H and O–H groups in total. The van der Waals surface area contributed by atoms with E-state index in [0.29, 0.717) is 5.56 Å². The molecule has 1 aromatic heterocycles. The van der Waals surface area contributed by atoms with Crippen molar-refractivity contribution in [3.8, 4) is 5.75 Å². The number of amides is 1. The van der Waals surface area contributed by atoms with Gasteiger partial charge in [0.2, 0.25) is 0 Å².